The fraction of sp³-hybridized carbons (Fsp3) is 0.667. The van der Waals surface area contributed by atoms with E-state index >= 15 is 0 Å². The van der Waals surface area contributed by atoms with E-state index < -0.39 is 0 Å². The Morgan fingerprint density at radius 3 is 2.67 bits per heavy atom. The predicted molar refractivity (Wildman–Crippen MR) is 39.0 cm³/mol. The van der Waals surface area contributed by atoms with Crippen molar-refractivity contribution in [3.05, 3.63) is 18.1 Å². The third-order valence-corrected chi connectivity index (χ3v) is 2.73. The van der Waals surface area contributed by atoms with Gasteiger partial charge in [0.25, 0.3) is 0 Å². The molecule has 0 spiro atoms. The average Bonchev–Trinajstić information content (AvgIpc) is 2.45. The van der Waals surface area contributed by atoms with E-state index in [0.717, 1.165) is 12.3 Å². The molecule has 1 fully saturated rings. The van der Waals surface area contributed by atoms with E-state index in [1.54, 1.807) is 11.1 Å². The molecule has 2 aliphatic rings. The van der Waals surface area contributed by atoms with Crippen molar-refractivity contribution in [2.45, 2.75) is 32.1 Å². The van der Waals surface area contributed by atoms with Crippen molar-refractivity contribution in [3.63, 3.8) is 0 Å². The van der Waals surface area contributed by atoms with Crippen LogP contribution in [0.3, 0.4) is 0 Å². The zero-order valence-electron chi connectivity index (χ0n) is 5.82. The second-order valence-electron chi connectivity index (χ2n) is 3.27. The molecule has 1 atom stereocenters. The summed E-state index contributed by atoms with van der Waals surface area (Å²) in [6.07, 6.45) is 6.75. The Hall–Kier alpha value is -0.260. The molecule has 0 saturated heterocycles. The van der Waals surface area contributed by atoms with Gasteiger partial charge in [0.2, 0.25) is 0 Å². The van der Waals surface area contributed by atoms with Crippen LogP contribution in [0, 0.1) is 12.8 Å². The molecule has 2 aliphatic carbocycles. The van der Waals surface area contributed by atoms with Crippen LogP contribution in [0.2, 0.25) is 0 Å². The van der Waals surface area contributed by atoms with E-state index in [4.69, 9.17) is 0 Å². The highest BCUT2D eigenvalue weighted by Gasteiger charge is 2.28. The molecule has 0 aromatic carbocycles. The lowest BCUT2D eigenvalue weighted by Gasteiger charge is -2.08. The summed E-state index contributed by atoms with van der Waals surface area (Å²) in [4.78, 5) is 0. The van der Waals surface area contributed by atoms with Gasteiger partial charge in [-0.1, -0.05) is 11.1 Å². The third kappa shape index (κ3) is 0.726. The molecule has 0 heterocycles. The zero-order valence-corrected chi connectivity index (χ0v) is 5.82. The van der Waals surface area contributed by atoms with Crippen LogP contribution in [0.1, 0.15) is 32.1 Å². The summed E-state index contributed by atoms with van der Waals surface area (Å²) < 4.78 is 0. The average molecular weight is 121 g/mol. The van der Waals surface area contributed by atoms with Gasteiger partial charge in [-0.25, -0.2) is 0 Å². The van der Waals surface area contributed by atoms with Gasteiger partial charge in [-0.2, -0.15) is 0 Å². The summed E-state index contributed by atoms with van der Waals surface area (Å²) in [5, 5.41) is 0. The summed E-state index contributed by atoms with van der Waals surface area (Å²) in [6, 6.07) is 0. The van der Waals surface area contributed by atoms with Crippen molar-refractivity contribution < 1.29 is 0 Å². The van der Waals surface area contributed by atoms with E-state index in [-0.39, 0.29) is 0 Å². The molecule has 0 heteroatoms. The molecule has 0 aromatic heterocycles. The van der Waals surface area contributed by atoms with Gasteiger partial charge in [-0.15, -0.1) is 0 Å². The highest BCUT2D eigenvalue weighted by atomic mass is 14.3. The maximum atomic E-state index is 3.93. The van der Waals surface area contributed by atoms with Crippen molar-refractivity contribution in [3.8, 4) is 0 Å². The SMILES string of the molecule is [CH2]CC1=C2CCC(C1)C2. The Labute approximate surface area is 57.0 Å². The topological polar surface area (TPSA) is 0 Å². The van der Waals surface area contributed by atoms with E-state index in [1.807, 2.05) is 0 Å². The van der Waals surface area contributed by atoms with Crippen LogP contribution in [-0.2, 0) is 0 Å². The monoisotopic (exact) mass is 121 g/mol. The number of hydrogen-bond acceptors (Lipinski definition) is 0. The summed E-state index contributed by atoms with van der Waals surface area (Å²) in [5.74, 6) is 1.04. The molecule has 0 nitrogen and oxygen atoms in total. The van der Waals surface area contributed by atoms with E-state index in [2.05, 4.69) is 6.92 Å². The molecule has 0 amide bonds. The van der Waals surface area contributed by atoms with E-state index in [0.29, 0.717) is 0 Å². The van der Waals surface area contributed by atoms with Gasteiger partial charge < -0.3 is 0 Å². The van der Waals surface area contributed by atoms with Gasteiger partial charge in [0, 0.05) is 0 Å². The van der Waals surface area contributed by atoms with Crippen molar-refractivity contribution in [1.29, 1.82) is 0 Å². The molecular weight excluding hydrogens is 108 g/mol. The summed E-state index contributed by atoms with van der Waals surface area (Å²) in [7, 11) is 0. The van der Waals surface area contributed by atoms with Gasteiger partial charge in [0.05, 0.1) is 0 Å². The Morgan fingerprint density at radius 1 is 1.44 bits per heavy atom. The maximum Gasteiger partial charge on any atom is -0.0286 e. The van der Waals surface area contributed by atoms with E-state index in [1.165, 1.54) is 25.7 Å². The number of fused-ring (bicyclic) bond motifs is 2. The smallest absolute Gasteiger partial charge is 0.0286 e. The molecular formula is C9H13. The first kappa shape index (κ1) is 5.52. The first-order chi connectivity index (χ1) is 4.40. The Morgan fingerprint density at radius 2 is 2.33 bits per heavy atom. The fourth-order valence-corrected chi connectivity index (χ4v) is 2.20. The largest absolute Gasteiger partial charge is 0.0707 e. The highest BCUT2D eigenvalue weighted by molar-refractivity contribution is 5.25. The Kier molecular flexibility index (Phi) is 1.14. The highest BCUT2D eigenvalue weighted by Crippen LogP contribution is 2.44. The maximum absolute atomic E-state index is 3.93. The van der Waals surface area contributed by atoms with Gasteiger partial charge in [0.1, 0.15) is 0 Å². The molecule has 2 bridgehead atoms. The third-order valence-electron chi connectivity index (χ3n) is 2.73. The minimum Gasteiger partial charge on any atom is -0.0707 e. The number of rotatable bonds is 1. The molecule has 49 valence electrons. The minimum absolute atomic E-state index is 1.04. The van der Waals surface area contributed by atoms with Crippen LogP contribution < -0.4 is 0 Å². The lowest BCUT2D eigenvalue weighted by atomic mass is 9.98. The molecule has 1 radical (unpaired) electrons. The minimum atomic E-state index is 1.04. The van der Waals surface area contributed by atoms with Gasteiger partial charge in [-0.3, -0.25) is 0 Å². The quantitative estimate of drug-likeness (QED) is 0.468. The number of allylic oxidation sites excluding steroid dienone is 2. The van der Waals surface area contributed by atoms with Crippen LogP contribution >= 0.6 is 0 Å². The molecule has 0 aliphatic heterocycles. The lowest BCUT2D eigenvalue weighted by molar-refractivity contribution is 0.559. The van der Waals surface area contributed by atoms with Gasteiger partial charge >= 0.3 is 0 Å². The standard InChI is InChI=1S/C9H13/c1-2-8-5-7-3-4-9(8)6-7/h7H,1-6H2. The van der Waals surface area contributed by atoms with Crippen molar-refractivity contribution in [1.82, 2.24) is 0 Å². The van der Waals surface area contributed by atoms with Crippen molar-refractivity contribution in [2.75, 3.05) is 0 Å². The van der Waals surface area contributed by atoms with Crippen molar-refractivity contribution >= 4 is 0 Å². The first-order valence-corrected chi connectivity index (χ1v) is 3.89. The van der Waals surface area contributed by atoms with Gasteiger partial charge in [-0.05, 0) is 44.9 Å². The molecule has 2 rings (SSSR count). The first-order valence-electron chi connectivity index (χ1n) is 3.89. The lowest BCUT2D eigenvalue weighted by Crippen LogP contribution is -1.92. The van der Waals surface area contributed by atoms with Gasteiger partial charge in [0.15, 0.2) is 0 Å². The second-order valence-corrected chi connectivity index (χ2v) is 3.27. The summed E-state index contributed by atoms with van der Waals surface area (Å²) in [6.45, 7) is 3.93. The van der Waals surface area contributed by atoms with Crippen LogP contribution in [-0.4, -0.2) is 0 Å². The Balaban J connectivity index is 2.22. The molecule has 0 N–H and O–H groups in total. The molecule has 9 heavy (non-hydrogen) atoms. The molecule has 1 saturated carbocycles. The molecule has 0 aromatic rings. The summed E-state index contributed by atoms with van der Waals surface area (Å²) in [5.41, 5.74) is 3.45. The van der Waals surface area contributed by atoms with Crippen LogP contribution in [0.25, 0.3) is 0 Å². The van der Waals surface area contributed by atoms with Crippen LogP contribution in [0.5, 0.6) is 0 Å². The second kappa shape index (κ2) is 1.86. The number of hydrogen-bond donors (Lipinski definition) is 0. The Bertz CT molecular complexity index is 153. The summed E-state index contributed by atoms with van der Waals surface area (Å²) >= 11 is 0. The zero-order chi connectivity index (χ0) is 6.27. The van der Waals surface area contributed by atoms with Crippen LogP contribution in [0.4, 0.5) is 0 Å². The molecule has 1 unspecified atom stereocenters. The fourth-order valence-electron chi connectivity index (χ4n) is 2.20. The normalized spacial score (nSPS) is 32.3. The van der Waals surface area contributed by atoms with Crippen LogP contribution in [0.15, 0.2) is 11.1 Å². The van der Waals surface area contributed by atoms with Crippen molar-refractivity contribution in [2.24, 2.45) is 5.92 Å². The van der Waals surface area contributed by atoms with E-state index in [9.17, 15) is 0 Å². The predicted octanol–water partition coefficient (Wildman–Crippen LogP) is 2.71.